The zero-order chi connectivity index (χ0) is 13.7. The van der Waals surface area contributed by atoms with Gasteiger partial charge in [0.15, 0.2) is 0 Å². The molecule has 0 amide bonds. The summed E-state index contributed by atoms with van der Waals surface area (Å²) < 4.78 is 0. The van der Waals surface area contributed by atoms with Gasteiger partial charge in [-0.25, -0.2) is 9.97 Å². The van der Waals surface area contributed by atoms with Crippen molar-refractivity contribution in [2.45, 2.75) is 13.0 Å². The summed E-state index contributed by atoms with van der Waals surface area (Å²) in [7, 11) is 1.96. The molecule has 1 atom stereocenters. The van der Waals surface area contributed by atoms with E-state index in [1.54, 1.807) is 12.4 Å². The molecule has 100 valence electrons. The van der Waals surface area contributed by atoms with E-state index in [1.165, 1.54) is 6.33 Å². The molecule has 2 rings (SSSR count). The molecule has 19 heavy (non-hydrogen) atoms. The van der Waals surface area contributed by atoms with Crippen LogP contribution in [0, 0.1) is 0 Å². The second-order valence-corrected chi connectivity index (χ2v) is 4.48. The molecule has 2 aromatic heterocycles. The summed E-state index contributed by atoms with van der Waals surface area (Å²) in [6.45, 7) is 2.71. The second-order valence-electron chi connectivity index (χ2n) is 4.48. The molecule has 0 aliphatic carbocycles. The largest absolute Gasteiger partial charge is 0.358 e. The summed E-state index contributed by atoms with van der Waals surface area (Å²) in [5.41, 5.74) is 6.72. The number of nitrogens with zero attached hydrogens (tertiary/aromatic N) is 4. The van der Waals surface area contributed by atoms with Gasteiger partial charge in [0.05, 0.1) is 0 Å². The Balaban J connectivity index is 2.11. The number of aromatic nitrogens is 3. The van der Waals surface area contributed by atoms with E-state index in [0.29, 0.717) is 0 Å². The molecule has 0 radical (unpaired) electrons. The van der Waals surface area contributed by atoms with Crippen molar-refractivity contribution in [1.29, 1.82) is 0 Å². The number of likely N-dealkylation sites (N-methyl/N-ethyl adjacent to an activating group) is 1. The Morgan fingerprint density at radius 1 is 1.32 bits per heavy atom. The predicted molar refractivity (Wildman–Crippen MR) is 76.5 cm³/mol. The third-order valence-electron chi connectivity index (χ3n) is 2.56. The molecular weight excluding hydrogens is 240 g/mol. The molecule has 1 unspecified atom stereocenters. The molecule has 0 bridgehead atoms. The Bertz CT molecular complexity index is 514. The van der Waals surface area contributed by atoms with Gasteiger partial charge in [-0.05, 0) is 19.1 Å². The molecule has 0 fully saturated rings. The topological polar surface area (TPSA) is 80.0 Å². The molecule has 3 N–H and O–H groups in total. The van der Waals surface area contributed by atoms with E-state index in [0.717, 1.165) is 23.9 Å². The van der Waals surface area contributed by atoms with Crippen LogP contribution in [-0.4, -0.2) is 34.6 Å². The maximum absolute atomic E-state index is 5.78. The first kappa shape index (κ1) is 13.2. The highest BCUT2D eigenvalue weighted by molar-refractivity contribution is 5.58. The van der Waals surface area contributed by atoms with Gasteiger partial charge in [-0.2, -0.15) is 0 Å². The van der Waals surface area contributed by atoms with E-state index in [-0.39, 0.29) is 6.04 Å². The van der Waals surface area contributed by atoms with Crippen LogP contribution in [0.25, 0.3) is 0 Å². The highest BCUT2D eigenvalue weighted by Gasteiger charge is 2.06. The fourth-order valence-corrected chi connectivity index (χ4v) is 1.73. The maximum Gasteiger partial charge on any atom is 0.135 e. The van der Waals surface area contributed by atoms with Crippen LogP contribution in [0.5, 0.6) is 0 Å². The van der Waals surface area contributed by atoms with Crippen LogP contribution in [-0.2, 0) is 0 Å². The summed E-state index contributed by atoms with van der Waals surface area (Å²) in [5.74, 6) is 1.58. The van der Waals surface area contributed by atoms with Crippen LogP contribution >= 0.6 is 0 Å². The van der Waals surface area contributed by atoms with Gasteiger partial charge in [-0.15, -0.1) is 0 Å². The van der Waals surface area contributed by atoms with Gasteiger partial charge in [-0.3, -0.25) is 4.98 Å². The van der Waals surface area contributed by atoms with Crippen LogP contribution in [0.3, 0.4) is 0 Å². The minimum Gasteiger partial charge on any atom is -0.358 e. The van der Waals surface area contributed by atoms with Crippen molar-refractivity contribution in [3.8, 4) is 0 Å². The van der Waals surface area contributed by atoms with E-state index >= 15 is 0 Å². The lowest BCUT2D eigenvalue weighted by molar-refractivity contribution is 0.711. The number of hydrogen-bond acceptors (Lipinski definition) is 6. The first-order chi connectivity index (χ1) is 9.15. The second kappa shape index (κ2) is 6.10. The highest BCUT2D eigenvalue weighted by Crippen LogP contribution is 2.17. The van der Waals surface area contributed by atoms with Crippen molar-refractivity contribution in [1.82, 2.24) is 15.0 Å². The van der Waals surface area contributed by atoms with Gasteiger partial charge in [0.2, 0.25) is 0 Å². The van der Waals surface area contributed by atoms with Gasteiger partial charge in [0.1, 0.15) is 18.0 Å². The van der Waals surface area contributed by atoms with Crippen molar-refractivity contribution in [2.75, 3.05) is 23.8 Å². The maximum atomic E-state index is 5.78. The zero-order valence-electron chi connectivity index (χ0n) is 11.1. The Kier molecular flexibility index (Phi) is 4.25. The minimum absolute atomic E-state index is 0.0940. The van der Waals surface area contributed by atoms with Crippen molar-refractivity contribution in [3.63, 3.8) is 0 Å². The van der Waals surface area contributed by atoms with Crippen LogP contribution < -0.4 is 16.0 Å². The lowest BCUT2D eigenvalue weighted by Gasteiger charge is -2.20. The molecule has 0 aliphatic heterocycles. The molecule has 0 spiro atoms. The van der Waals surface area contributed by atoms with Gasteiger partial charge in [0, 0.05) is 43.8 Å². The summed E-state index contributed by atoms with van der Waals surface area (Å²) in [4.78, 5) is 14.4. The number of hydrogen-bond donors (Lipinski definition) is 2. The van der Waals surface area contributed by atoms with Crippen LogP contribution in [0.2, 0.25) is 0 Å². The molecular formula is C13H18N6. The first-order valence-corrected chi connectivity index (χ1v) is 6.11. The number of nitrogens with one attached hydrogen (secondary N) is 1. The number of rotatable bonds is 5. The van der Waals surface area contributed by atoms with Crippen molar-refractivity contribution >= 4 is 17.3 Å². The molecule has 6 nitrogen and oxygen atoms in total. The average molecular weight is 258 g/mol. The van der Waals surface area contributed by atoms with Gasteiger partial charge in [-0.1, -0.05) is 0 Å². The minimum atomic E-state index is 0.0940. The Morgan fingerprint density at radius 2 is 2.05 bits per heavy atom. The van der Waals surface area contributed by atoms with Crippen molar-refractivity contribution in [3.05, 3.63) is 36.9 Å². The van der Waals surface area contributed by atoms with E-state index < -0.39 is 0 Å². The molecule has 2 heterocycles. The number of pyridine rings is 1. The average Bonchev–Trinajstić information content (AvgIpc) is 2.39. The van der Waals surface area contributed by atoms with Gasteiger partial charge >= 0.3 is 0 Å². The Labute approximate surface area is 112 Å². The summed E-state index contributed by atoms with van der Waals surface area (Å²) in [6.07, 6.45) is 5.00. The van der Waals surface area contributed by atoms with Crippen LogP contribution in [0.15, 0.2) is 36.9 Å². The fourth-order valence-electron chi connectivity index (χ4n) is 1.73. The Morgan fingerprint density at radius 3 is 2.74 bits per heavy atom. The fraction of sp³-hybridized carbons (Fsp3) is 0.308. The summed E-state index contributed by atoms with van der Waals surface area (Å²) in [5, 5.41) is 3.20. The SMILES string of the molecule is CC(N)CN(C)c1cc(Nc2ccncc2)ncn1. The highest BCUT2D eigenvalue weighted by atomic mass is 15.2. The van der Waals surface area contributed by atoms with Crippen LogP contribution in [0.4, 0.5) is 17.3 Å². The van der Waals surface area contributed by atoms with E-state index in [4.69, 9.17) is 5.73 Å². The van der Waals surface area contributed by atoms with E-state index in [2.05, 4.69) is 20.3 Å². The quantitative estimate of drug-likeness (QED) is 0.844. The smallest absolute Gasteiger partial charge is 0.135 e. The molecule has 2 aromatic rings. The normalized spacial score (nSPS) is 11.9. The monoisotopic (exact) mass is 258 g/mol. The molecule has 0 saturated carbocycles. The molecule has 0 aliphatic rings. The lowest BCUT2D eigenvalue weighted by atomic mass is 10.3. The molecule has 0 saturated heterocycles. The van der Waals surface area contributed by atoms with E-state index in [9.17, 15) is 0 Å². The van der Waals surface area contributed by atoms with E-state index in [1.807, 2.05) is 37.1 Å². The lowest BCUT2D eigenvalue weighted by Crippen LogP contribution is -2.33. The number of anilines is 3. The van der Waals surface area contributed by atoms with Gasteiger partial charge < -0.3 is 16.0 Å². The summed E-state index contributed by atoms with van der Waals surface area (Å²) >= 11 is 0. The van der Waals surface area contributed by atoms with Crippen molar-refractivity contribution < 1.29 is 0 Å². The molecule has 6 heteroatoms. The third kappa shape index (κ3) is 3.89. The zero-order valence-corrected chi connectivity index (χ0v) is 11.1. The summed E-state index contributed by atoms with van der Waals surface area (Å²) in [6, 6.07) is 5.75. The number of nitrogens with two attached hydrogens (primary N) is 1. The van der Waals surface area contributed by atoms with Crippen LogP contribution in [0.1, 0.15) is 6.92 Å². The Hall–Kier alpha value is -2.21. The standard InChI is InChI=1S/C13H18N6/c1-10(14)8-19(2)13-7-12(16-9-17-13)18-11-3-5-15-6-4-11/h3-7,9-10H,8,14H2,1-2H3,(H,15,16,17,18). The first-order valence-electron chi connectivity index (χ1n) is 6.11. The third-order valence-corrected chi connectivity index (χ3v) is 2.56. The predicted octanol–water partition coefficient (Wildman–Crippen LogP) is 1.40. The molecule has 0 aromatic carbocycles. The van der Waals surface area contributed by atoms with Gasteiger partial charge in [0.25, 0.3) is 0 Å². The van der Waals surface area contributed by atoms with Crippen molar-refractivity contribution in [2.24, 2.45) is 5.73 Å².